The summed E-state index contributed by atoms with van der Waals surface area (Å²) < 4.78 is 2.09. The third-order valence-electron chi connectivity index (χ3n) is 5.01. The number of nitrogens with zero attached hydrogens (tertiary/aromatic N) is 3. The van der Waals surface area contributed by atoms with Gasteiger partial charge in [-0.2, -0.15) is 5.10 Å². The maximum atomic E-state index is 4.75. The van der Waals surface area contributed by atoms with E-state index in [-0.39, 0.29) is 24.0 Å². The summed E-state index contributed by atoms with van der Waals surface area (Å²) in [6, 6.07) is 1.41. The van der Waals surface area contributed by atoms with Crippen LogP contribution in [-0.2, 0) is 12.8 Å². The number of hydrogen-bond donors (Lipinski definition) is 2. The second-order valence-corrected chi connectivity index (χ2v) is 7.72. The standard InChI is InChI=1S/C17H29N5.HI/c1-11(2)22-10-12-6-7-13(8-14(12)21-22)19-16(18-5)20-15-9-17(15,3)4;/h10-11,13,15H,6-9H2,1-5H3,(H2,18,19,20);1H. The van der Waals surface area contributed by atoms with E-state index >= 15 is 0 Å². The van der Waals surface area contributed by atoms with Gasteiger partial charge in [-0.05, 0) is 44.1 Å². The van der Waals surface area contributed by atoms with Gasteiger partial charge in [0.2, 0.25) is 0 Å². The fraction of sp³-hybridized carbons (Fsp3) is 0.765. The van der Waals surface area contributed by atoms with Crippen molar-refractivity contribution in [2.24, 2.45) is 10.4 Å². The van der Waals surface area contributed by atoms with Crippen molar-refractivity contribution in [2.45, 2.75) is 71.5 Å². The summed E-state index contributed by atoms with van der Waals surface area (Å²) in [4.78, 5) is 4.39. The highest BCUT2D eigenvalue weighted by molar-refractivity contribution is 14.0. The van der Waals surface area contributed by atoms with Crippen molar-refractivity contribution in [3.63, 3.8) is 0 Å². The molecule has 0 amide bonds. The minimum absolute atomic E-state index is 0. The first-order valence-corrected chi connectivity index (χ1v) is 8.46. The molecule has 2 atom stereocenters. The fourth-order valence-corrected chi connectivity index (χ4v) is 3.14. The van der Waals surface area contributed by atoms with Crippen molar-refractivity contribution in [2.75, 3.05) is 7.05 Å². The van der Waals surface area contributed by atoms with Gasteiger partial charge in [0.15, 0.2) is 5.96 Å². The summed E-state index contributed by atoms with van der Waals surface area (Å²) in [6.45, 7) is 8.95. The first kappa shape index (κ1) is 18.5. The van der Waals surface area contributed by atoms with E-state index in [0.29, 0.717) is 23.5 Å². The molecule has 0 bridgehead atoms. The normalized spacial score (nSPS) is 25.6. The minimum Gasteiger partial charge on any atom is -0.353 e. The van der Waals surface area contributed by atoms with E-state index in [0.717, 1.165) is 25.2 Å². The van der Waals surface area contributed by atoms with Crippen LogP contribution < -0.4 is 10.6 Å². The molecule has 1 fully saturated rings. The van der Waals surface area contributed by atoms with E-state index in [2.05, 4.69) is 54.2 Å². The molecule has 0 spiro atoms. The van der Waals surface area contributed by atoms with Gasteiger partial charge < -0.3 is 10.6 Å². The molecule has 1 heterocycles. The van der Waals surface area contributed by atoms with E-state index in [4.69, 9.17) is 5.10 Å². The molecule has 3 rings (SSSR count). The molecular weight excluding hydrogens is 401 g/mol. The maximum Gasteiger partial charge on any atom is 0.191 e. The van der Waals surface area contributed by atoms with E-state index in [1.807, 2.05) is 7.05 Å². The van der Waals surface area contributed by atoms with Crippen LogP contribution in [0.2, 0.25) is 0 Å². The number of guanidine groups is 1. The Balaban J connectivity index is 0.00000192. The number of aryl methyl sites for hydroxylation is 1. The Labute approximate surface area is 156 Å². The quantitative estimate of drug-likeness (QED) is 0.440. The van der Waals surface area contributed by atoms with Crippen molar-refractivity contribution >= 4 is 29.9 Å². The number of fused-ring (bicyclic) bond motifs is 1. The number of hydrogen-bond acceptors (Lipinski definition) is 2. The van der Waals surface area contributed by atoms with E-state index in [1.54, 1.807) is 0 Å². The maximum absolute atomic E-state index is 4.75. The lowest BCUT2D eigenvalue weighted by Crippen LogP contribution is -2.47. The van der Waals surface area contributed by atoms with Crippen LogP contribution in [0, 0.1) is 5.41 Å². The summed E-state index contributed by atoms with van der Waals surface area (Å²) in [5.74, 6) is 0.937. The van der Waals surface area contributed by atoms with Crippen LogP contribution in [0.15, 0.2) is 11.2 Å². The topological polar surface area (TPSA) is 54.2 Å². The predicted molar refractivity (Wildman–Crippen MR) is 106 cm³/mol. The van der Waals surface area contributed by atoms with Crippen LogP contribution in [0.3, 0.4) is 0 Å². The Kier molecular flexibility index (Phi) is 5.63. The fourth-order valence-electron chi connectivity index (χ4n) is 3.14. The predicted octanol–water partition coefficient (Wildman–Crippen LogP) is 2.90. The minimum atomic E-state index is 0. The average Bonchev–Trinajstić information content (AvgIpc) is 2.87. The molecule has 5 nitrogen and oxygen atoms in total. The van der Waals surface area contributed by atoms with Crippen LogP contribution in [0.4, 0.5) is 0 Å². The Bertz CT molecular complexity index is 576. The molecule has 2 N–H and O–H groups in total. The van der Waals surface area contributed by atoms with Gasteiger partial charge in [-0.3, -0.25) is 9.67 Å². The summed E-state index contributed by atoms with van der Waals surface area (Å²) >= 11 is 0. The van der Waals surface area contributed by atoms with Crippen LogP contribution in [0.5, 0.6) is 0 Å². The molecule has 23 heavy (non-hydrogen) atoms. The van der Waals surface area contributed by atoms with Crippen molar-refractivity contribution < 1.29 is 0 Å². The molecule has 2 unspecified atom stereocenters. The number of rotatable bonds is 3. The molecule has 1 saturated carbocycles. The second-order valence-electron chi connectivity index (χ2n) is 7.72. The summed E-state index contributed by atoms with van der Waals surface area (Å²) in [5, 5.41) is 11.9. The molecule has 130 valence electrons. The van der Waals surface area contributed by atoms with Gasteiger partial charge >= 0.3 is 0 Å². The van der Waals surface area contributed by atoms with Crippen molar-refractivity contribution in [3.05, 3.63) is 17.5 Å². The first-order chi connectivity index (χ1) is 10.4. The molecule has 0 radical (unpaired) electrons. The SMILES string of the molecule is CN=C(NC1CCc2cn(C(C)C)nc2C1)NC1CC1(C)C.I. The van der Waals surface area contributed by atoms with Gasteiger partial charge in [0.05, 0.1) is 5.69 Å². The van der Waals surface area contributed by atoms with Crippen LogP contribution in [0.25, 0.3) is 0 Å². The highest BCUT2D eigenvalue weighted by Gasteiger charge is 2.46. The second kappa shape index (κ2) is 6.99. The summed E-state index contributed by atoms with van der Waals surface area (Å²) in [7, 11) is 1.85. The highest BCUT2D eigenvalue weighted by atomic mass is 127. The number of aliphatic imine (C=N–C) groups is 1. The Morgan fingerprint density at radius 3 is 2.65 bits per heavy atom. The van der Waals surface area contributed by atoms with Crippen LogP contribution >= 0.6 is 24.0 Å². The number of nitrogens with one attached hydrogen (secondary N) is 2. The van der Waals surface area contributed by atoms with E-state index in [9.17, 15) is 0 Å². The van der Waals surface area contributed by atoms with E-state index in [1.165, 1.54) is 17.7 Å². The molecular formula is C17H30IN5. The molecule has 2 aliphatic carbocycles. The Morgan fingerprint density at radius 2 is 2.09 bits per heavy atom. The summed E-state index contributed by atoms with van der Waals surface area (Å²) in [6.07, 6.45) is 6.68. The molecule has 1 aromatic heterocycles. The van der Waals surface area contributed by atoms with Crippen LogP contribution in [-0.4, -0.2) is 34.9 Å². The average molecular weight is 431 g/mol. The number of halogens is 1. The van der Waals surface area contributed by atoms with Gasteiger partial charge in [0.1, 0.15) is 0 Å². The molecule has 2 aliphatic rings. The number of aromatic nitrogens is 2. The molecule has 0 aliphatic heterocycles. The van der Waals surface area contributed by atoms with Crippen LogP contribution in [0.1, 0.15) is 57.8 Å². The van der Waals surface area contributed by atoms with E-state index < -0.39 is 0 Å². The van der Waals surface area contributed by atoms with Gasteiger partial charge in [0, 0.05) is 37.8 Å². The molecule has 0 aromatic carbocycles. The van der Waals surface area contributed by atoms with Gasteiger partial charge in [-0.1, -0.05) is 13.8 Å². The van der Waals surface area contributed by atoms with Crippen molar-refractivity contribution in [1.82, 2.24) is 20.4 Å². The zero-order valence-electron chi connectivity index (χ0n) is 14.9. The zero-order chi connectivity index (χ0) is 15.9. The summed E-state index contributed by atoms with van der Waals surface area (Å²) in [5.41, 5.74) is 3.07. The van der Waals surface area contributed by atoms with Gasteiger partial charge in [-0.25, -0.2) is 0 Å². The van der Waals surface area contributed by atoms with Gasteiger partial charge in [-0.15, -0.1) is 24.0 Å². The lowest BCUT2D eigenvalue weighted by atomic mass is 9.94. The molecule has 1 aromatic rings. The lowest BCUT2D eigenvalue weighted by Gasteiger charge is -2.24. The third-order valence-corrected chi connectivity index (χ3v) is 5.01. The Hall–Kier alpha value is -0.790. The van der Waals surface area contributed by atoms with Crippen molar-refractivity contribution in [1.29, 1.82) is 0 Å². The highest BCUT2D eigenvalue weighted by Crippen LogP contribution is 2.44. The monoisotopic (exact) mass is 431 g/mol. The lowest BCUT2D eigenvalue weighted by molar-refractivity contribution is 0.496. The molecule has 0 saturated heterocycles. The first-order valence-electron chi connectivity index (χ1n) is 8.46. The molecule has 6 heteroatoms. The van der Waals surface area contributed by atoms with Gasteiger partial charge in [0.25, 0.3) is 0 Å². The third kappa shape index (κ3) is 4.19. The smallest absolute Gasteiger partial charge is 0.191 e. The van der Waals surface area contributed by atoms with Crippen molar-refractivity contribution in [3.8, 4) is 0 Å². The Morgan fingerprint density at radius 1 is 1.39 bits per heavy atom. The largest absolute Gasteiger partial charge is 0.353 e. The zero-order valence-corrected chi connectivity index (χ0v) is 17.2.